The average Bonchev–Trinajstić information content (AvgIpc) is 3.03. The maximum absolute atomic E-state index is 6.02. The molecule has 100 valence electrons. The summed E-state index contributed by atoms with van der Waals surface area (Å²) in [5.74, 6) is 1.64. The van der Waals surface area contributed by atoms with Crippen LogP contribution in [0.3, 0.4) is 0 Å². The van der Waals surface area contributed by atoms with Crippen molar-refractivity contribution < 1.29 is 0 Å². The van der Waals surface area contributed by atoms with Crippen LogP contribution in [-0.4, -0.2) is 15.0 Å². The zero-order valence-corrected chi connectivity index (χ0v) is 13.8. The fraction of sp³-hybridized carbons (Fsp3) is 0.417. The van der Waals surface area contributed by atoms with E-state index in [-0.39, 0.29) is 0 Å². The number of hydrogen-bond acceptors (Lipinski definition) is 5. The van der Waals surface area contributed by atoms with Gasteiger partial charge in [0.2, 0.25) is 0 Å². The van der Waals surface area contributed by atoms with Crippen LogP contribution in [0.15, 0.2) is 6.20 Å². The monoisotopic (exact) mass is 406 g/mol. The van der Waals surface area contributed by atoms with E-state index in [1.54, 1.807) is 6.20 Å². The number of aromatic nitrogens is 3. The number of nitrogens with zero attached hydrogens (tertiary/aromatic N) is 3. The Kier molecular flexibility index (Phi) is 3.91. The van der Waals surface area contributed by atoms with E-state index < -0.39 is 0 Å². The summed E-state index contributed by atoms with van der Waals surface area (Å²) in [5, 5.41) is 0.729. The second kappa shape index (κ2) is 5.49. The second-order valence-electron chi connectivity index (χ2n) is 4.58. The summed E-state index contributed by atoms with van der Waals surface area (Å²) in [7, 11) is 0. The molecule has 4 nitrogen and oxygen atoms in total. The van der Waals surface area contributed by atoms with Crippen molar-refractivity contribution in [3.63, 3.8) is 0 Å². The van der Waals surface area contributed by atoms with Crippen molar-refractivity contribution >= 4 is 51.3 Å². The molecule has 1 aliphatic carbocycles. The first kappa shape index (κ1) is 13.5. The van der Waals surface area contributed by atoms with Gasteiger partial charge in [-0.05, 0) is 35.4 Å². The van der Waals surface area contributed by atoms with Crippen LogP contribution in [0.25, 0.3) is 10.8 Å². The van der Waals surface area contributed by atoms with Crippen LogP contribution in [0.4, 0.5) is 5.82 Å². The van der Waals surface area contributed by atoms with Gasteiger partial charge in [-0.1, -0.05) is 35.8 Å². The Morgan fingerprint density at radius 1 is 1.32 bits per heavy atom. The quantitative estimate of drug-likeness (QED) is 0.763. The largest absolute Gasteiger partial charge is 0.383 e. The topological polar surface area (TPSA) is 64.7 Å². The lowest BCUT2D eigenvalue weighted by atomic mass is 10.0. The van der Waals surface area contributed by atoms with Gasteiger partial charge < -0.3 is 5.73 Å². The van der Waals surface area contributed by atoms with Gasteiger partial charge in [0.25, 0.3) is 0 Å². The first-order valence-electron chi connectivity index (χ1n) is 6.09. The minimum atomic E-state index is 0.506. The van der Waals surface area contributed by atoms with E-state index in [4.69, 9.17) is 17.3 Å². The Hall–Kier alpha value is -0.470. The molecule has 1 aliphatic rings. The molecular weight excluding hydrogens is 395 g/mol. The summed E-state index contributed by atoms with van der Waals surface area (Å²) in [5.41, 5.74) is 7.09. The first-order valence-corrected chi connectivity index (χ1v) is 8.37. The molecule has 0 bridgehead atoms. The highest BCUT2D eigenvalue weighted by molar-refractivity contribution is 14.1. The van der Waals surface area contributed by atoms with Crippen LogP contribution in [0.5, 0.6) is 0 Å². The molecule has 2 N–H and O–H groups in total. The highest BCUT2D eigenvalue weighted by Gasteiger charge is 2.24. The highest BCUT2D eigenvalue weighted by Crippen LogP contribution is 2.37. The Morgan fingerprint density at radius 2 is 2.05 bits per heavy atom. The summed E-state index contributed by atoms with van der Waals surface area (Å²) in [6.45, 7) is 0. The number of nitrogen functional groups attached to an aromatic ring is 1. The fourth-order valence-corrected chi connectivity index (χ4v) is 3.93. The minimum absolute atomic E-state index is 0.506. The molecule has 0 spiro atoms. The van der Waals surface area contributed by atoms with E-state index in [1.165, 1.54) is 37.0 Å². The van der Waals surface area contributed by atoms with Gasteiger partial charge in [0, 0.05) is 5.92 Å². The number of halogens is 2. The summed E-state index contributed by atoms with van der Waals surface area (Å²) < 4.78 is 1.62. The Labute approximate surface area is 134 Å². The maximum Gasteiger partial charge on any atom is 0.191 e. The smallest absolute Gasteiger partial charge is 0.191 e. The highest BCUT2D eigenvalue weighted by atomic mass is 127. The molecule has 3 rings (SSSR count). The zero-order valence-electron chi connectivity index (χ0n) is 10.1. The molecule has 1 saturated carbocycles. The molecule has 0 unspecified atom stereocenters. The molecular formula is C12H12ClIN4S. The Bertz CT molecular complexity index is 610. The van der Waals surface area contributed by atoms with Crippen molar-refractivity contribution in [1.82, 2.24) is 15.0 Å². The van der Waals surface area contributed by atoms with Crippen LogP contribution in [0.2, 0.25) is 4.34 Å². The van der Waals surface area contributed by atoms with Crippen LogP contribution >= 0.6 is 45.5 Å². The fourth-order valence-electron chi connectivity index (χ4n) is 2.41. The van der Waals surface area contributed by atoms with E-state index in [1.807, 2.05) is 0 Å². The van der Waals surface area contributed by atoms with E-state index >= 15 is 0 Å². The van der Waals surface area contributed by atoms with Gasteiger partial charge in [0.1, 0.15) is 10.2 Å². The molecule has 2 heterocycles. The molecule has 0 aliphatic heterocycles. The molecule has 2 aromatic rings. The molecule has 2 aromatic heterocycles. The SMILES string of the molecule is Nc1nc(-c2ncc(Cl)s2)nc(C2CCCC2)c1I. The van der Waals surface area contributed by atoms with Crippen molar-refractivity contribution in [2.45, 2.75) is 31.6 Å². The molecule has 1 fully saturated rings. The molecule has 0 aromatic carbocycles. The van der Waals surface area contributed by atoms with E-state index in [0.717, 1.165) is 14.3 Å². The number of rotatable bonds is 2. The zero-order chi connectivity index (χ0) is 13.4. The van der Waals surface area contributed by atoms with Gasteiger partial charge in [-0.15, -0.1) is 0 Å². The molecule has 0 amide bonds. The maximum atomic E-state index is 6.02. The second-order valence-corrected chi connectivity index (χ2v) is 7.32. The lowest BCUT2D eigenvalue weighted by molar-refractivity contribution is 0.691. The first-order chi connectivity index (χ1) is 9.15. The lowest BCUT2D eigenvalue weighted by Crippen LogP contribution is -2.07. The summed E-state index contributed by atoms with van der Waals surface area (Å²) >= 11 is 9.54. The minimum Gasteiger partial charge on any atom is -0.383 e. The molecule has 7 heteroatoms. The number of thiazole rings is 1. The molecule has 0 saturated heterocycles. The van der Waals surface area contributed by atoms with Crippen molar-refractivity contribution in [2.24, 2.45) is 0 Å². The van der Waals surface area contributed by atoms with Gasteiger partial charge in [-0.3, -0.25) is 0 Å². The predicted octanol–water partition coefficient (Wildman–Crippen LogP) is 4.10. The lowest BCUT2D eigenvalue weighted by Gasteiger charge is -2.13. The van der Waals surface area contributed by atoms with Crippen LogP contribution in [0.1, 0.15) is 37.3 Å². The third-order valence-corrected chi connectivity index (χ3v) is 5.53. The Balaban J connectivity index is 2.06. The average molecular weight is 407 g/mol. The van der Waals surface area contributed by atoms with Crippen molar-refractivity contribution in [3.05, 3.63) is 19.8 Å². The normalized spacial score (nSPS) is 16.1. The predicted molar refractivity (Wildman–Crippen MR) is 86.5 cm³/mol. The van der Waals surface area contributed by atoms with Gasteiger partial charge in [-0.25, -0.2) is 15.0 Å². The van der Waals surface area contributed by atoms with E-state index in [0.29, 0.717) is 21.9 Å². The van der Waals surface area contributed by atoms with Gasteiger partial charge in [0.05, 0.1) is 15.5 Å². The molecule has 0 radical (unpaired) electrons. The van der Waals surface area contributed by atoms with E-state index in [2.05, 4.69) is 37.5 Å². The summed E-state index contributed by atoms with van der Waals surface area (Å²) in [6.07, 6.45) is 6.52. The number of hydrogen-bond donors (Lipinski definition) is 1. The van der Waals surface area contributed by atoms with Gasteiger partial charge in [0.15, 0.2) is 10.8 Å². The summed E-state index contributed by atoms with van der Waals surface area (Å²) in [6, 6.07) is 0. The van der Waals surface area contributed by atoms with Crippen LogP contribution in [0, 0.1) is 3.57 Å². The van der Waals surface area contributed by atoms with Gasteiger partial charge >= 0.3 is 0 Å². The van der Waals surface area contributed by atoms with Crippen molar-refractivity contribution in [3.8, 4) is 10.8 Å². The number of anilines is 1. The molecule has 0 atom stereocenters. The third-order valence-electron chi connectivity index (χ3n) is 3.31. The van der Waals surface area contributed by atoms with Crippen molar-refractivity contribution in [1.29, 1.82) is 0 Å². The van der Waals surface area contributed by atoms with Crippen LogP contribution in [-0.2, 0) is 0 Å². The number of nitrogens with two attached hydrogens (primary N) is 1. The van der Waals surface area contributed by atoms with Crippen LogP contribution < -0.4 is 5.73 Å². The van der Waals surface area contributed by atoms with Gasteiger partial charge in [-0.2, -0.15) is 0 Å². The van der Waals surface area contributed by atoms with E-state index in [9.17, 15) is 0 Å². The summed E-state index contributed by atoms with van der Waals surface area (Å²) in [4.78, 5) is 13.3. The Morgan fingerprint density at radius 3 is 2.68 bits per heavy atom. The third kappa shape index (κ3) is 2.71. The standard InChI is InChI=1S/C12H12ClIN4S/c13-7-5-16-12(19-7)11-17-9(6-3-1-2-4-6)8(14)10(15)18-11/h5-6H,1-4H2,(H2,15,17,18). The van der Waals surface area contributed by atoms with Crippen molar-refractivity contribution in [2.75, 3.05) is 5.73 Å². The molecule has 19 heavy (non-hydrogen) atoms.